The number of aromatic carboxylic acids is 1. The van der Waals surface area contributed by atoms with E-state index in [1.54, 1.807) is 20.8 Å². The standard InChI is InChI=1S/C17H22ClN3O7S2/c1-16(2,3)28-15(24)19-14-20-17(12-9(18)7-10(29-12)13(22)23)5-6-27-8-11(17)30(25,26)21(14)4/h7,11H,5-6,8H2,1-4H3,(H,22,23)(H,19,20,24). The zero-order valence-electron chi connectivity index (χ0n) is 16.8. The highest BCUT2D eigenvalue weighted by molar-refractivity contribution is 7.90. The van der Waals surface area contributed by atoms with Crippen molar-refractivity contribution in [3.8, 4) is 0 Å². The van der Waals surface area contributed by atoms with E-state index in [0.717, 1.165) is 15.6 Å². The van der Waals surface area contributed by atoms with Crippen molar-refractivity contribution in [3.63, 3.8) is 0 Å². The average Bonchev–Trinajstić information content (AvgIpc) is 3.01. The fraction of sp³-hybridized carbons (Fsp3) is 0.588. The molecular formula is C17H22ClN3O7S2. The summed E-state index contributed by atoms with van der Waals surface area (Å²) in [5, 5.41) is 10.7. The summed E-state index contributed by atoms with van der Waals surface area (Å²) >= 11 is 7.19. The third-order valence-electron chi connectivity index (χ3n) is 4.68. The first-order chi connectivity index (χ1) is 13.8. The number of ether oxygens (including phenoxy) is 2. The molecule has 1 aromatic heterocycles. The van der Waals surface area contributed by atoms with Crippen LogP contribution in [-0.2, 0) is 25.0 Å². The number of sulfonamides is 1. The maximum absolute atomic E-state index is 13.3. The van der Waals surface area contributed by atoms with Crippen LogP contribution in [0.4, 0.5) is 4.79 Å². The minimum atomic E-state index is -4.03. The van der Waals surface area contributed by atoms with Gasteiger partial charge in [-0.1, -0.05) is 11.6 Å². The van der Waals surface area contributed by atoms with Crippen LogP contribution >= 0.6 is 22.9 Å². The van der Waals surface area contributed by atoms with Crippen LogP contribution in [-0.4, -0.2) is 67.0 Å². The summed E-state index contributed by atoms with van der Waals surface area (Å²) in [6.45, 7) is 5.06. The number of carboxylic acids is 1. The summed E-state index contributed by atoms with van der Waals surface area (Å²) in [6, 6.07) is 1.27. The van der Waals surface area contributed by atoms with Gasteiger partial charge in [0.25, 0.3) is 0 Å². The fourth-order valence-electron chi connectivity index (χ4n) is 3.33. The number of nitrogens with one attached hydrogen (secondary N) is 1. The molecule has 2 atom stereocenters. The Morgan fingerprint density at radius 2 is 2.13 bits per heavy atom. The summed E-state index contributed by atoms with van der Waals surface area (Å²) in [7, 11) is -2.76. The lowest BCUT2D eigenvalue weighted by molar-refractivity contribution is 0.0518. The first-order valence-electron chi connectivity index (χ1n) is 8.96. The lowest BCUT2D eigenvalue weighted by Crippen LogP contribution is -2.62. The molecule has 13 heteroatoms. The Labute approximate surface area is 182 Å². The molecule has 3 rings (SSSR count). The first kappa shape index (κ1) is 22.8. The number of guanidine groups is 1. The number of hydrogen-bond donors (Lipinski definition) is 2. The van der Waals surface area contributed by atoms with Crippen LogP contribution in [0.5, 0.6) is 0 Å². The maximum Gasteiger partial charge on any atom is 0.414 e. The normalized spacial score (nSPS) is 25.8. The molecule has 0 spiro atoms. The molecule has 3 heterocycles. The van der Waals surface area contributed by atoms with Crippen LogP contribution in [0.2, 0.25) is 5.02 Å². The van der Waals surface area contributed by atoms with Crippen molar-refractivity contribution in [1.82, 2.24) is 9.62 Å². The predicted octanol–water partition coefficient (Wildman–Crippen LogP) is 2.24. The first-order valence-corrected chi connectivity index (χ1v) is 11.7. The number of nitrogens with zero attached hydrogens (tertiary/aromatic N) is 2. The molecule has 1 aromatic rings. The van der Waals surface area contributed by atoms with E-state index in [1.807, 2.05) is 0 Å². The Hall–Kier alpha value is -1.89. The van der Waals surface area contributed by atoms with E-state index in [2.05, 4.69) is 10.3 Å². The Morgan fingerprint density at radius 3 is 2.70 bits per heavy atom. The second-order valence-corrected chi connectivity index (χ2v) is 11.5. The summed E-state index contributed by atoms with van der Waals surface area (Å²) < 4.78 is 38.0. The lowest BCUT2D eigenvalue weighted by atomic mass is 9.88. The van der Waals surface area contributed by atoms with Crippen LogP contribution in [0.3, 0.4) is 0 Å². The van der Waals surface area contributed by atoms with Gasteiger partial charge in [0.1, 0.15) is 21.3 Å². The molecule has 166 valence electrons. The van der Waals surface area contributed by atoms with Gasteiger partial charge < -0.3 is 14.6 Å². The topological polar surface area (TPSA) is 135 Å². The molecule has 1 amide bonds. The van der Waals surface area contributed by atoms with E-state index in [-0.39, 0.29) is 35.5 Å². The Balaban J connectivity index is 2.15. The van der Waals surface area contributed by atoms with Crippen LogP contribution in [0, 0.1) is 0 Å². The largest absolute Gasteiger partial charge is 0.477 e. The van der Waals surface area contributed by atoms with Gasteiger partial charge in [-0.3, -0.25) is 5.32 Å². The van der Waals surface area contributed by atoms with E-state index in [1.165, 1.54) is 13.1 Å². The van der Waals surface area contributed by atoms with E-state index in [9.17, 15) is 23.1 Å². The van der Waals surface area contributed by atoms with Crippen molar-refractivity contribution < 1.29 is 32.6 Å². The maximum atomic E-state index is 13.3. The number of alkyl carbamates (subject to hydrolysis) is 1. The molecule has 10 nitrogen and oxygen atoms in total. The van der Waals surface area contributed by atoms with Crippen molar-refractivity contribution in [3.05, 3.63) is 20.8 Å². The highest BCUT2D eigenvalue weighted by Crippen LogP contribution is 2.49. The third-order valence-corrected chi connectivity index (χ3v) is 8.56. The van der Waals surface area contributed by atoms with Gasteiger partial charge in [0.05, 0.1) is 16.5 Å². The van der Waals surface area contributed by atoms with Crippen molar-refractivity contribution in [2.75, 3.05) is 20.3 Å². The molecule has 1 saturated heterocycles. The predicted molar refractivity (Wildman–Crippen MR) is 111 cm³/mol. The van der Waals surface area contributed by atoms with Gasteiger partial charge in [0.2, 0.25) is 16.0 Å². The number of halogens is 1. The molecule has 2 aliphatic heterocycles. The molecular weight excluding hydrogens is 458 g/mol. The van der Waals surface area contributed by atoms with Gasteiger partial charge in [0.15, 0.2) is 0 Å². The van der Waals surface area contributed by atoms with Gasteiger partial charge in [-0.15, -0.1) is 11.3 Å². The zero-order chi connectivity index (χ0) is 22.5. The Kier molecular flexibility index (Phi) is 5.82. The summed E-state index contributed by atoms with van der Waals surface area (Å²) in [6.07, 6.45) is -0.726. The number of amides is 1. The van der Waals surface area contributed by atoms with E-state index in [4.69, 9.17) is 21.1 Å². The van der Waals surface area contributed by atoms with Crippen LogP contribution in [0.1, 0.15) is 41.7 Å². The van der Waals surface area contributed by atoms with Gasteiger partial charge in [-0.2, -0.15) is 0 Å². The Bertz CT molecular complexity index is 1020. The summed E-state index contributed by atoms with van der Waals surface area (Å²) in [5.41, 5.74) is -2.20. The molecule has 0 bridgehead atoms. The molecule has 0 aliphatic carbocycles. The number of carboxylic acid groups (broad SMARTS) is 1. The van der Waals surface area contributed by atoms with Crippen molar-refractivity contribution >= 4 is 51.0 Å². The zero-order valence-corrected chi connectivity index (χ0v) is 19.2. The summed E-state index contributed by atoms with van der Waals surface area (Å²) in [5.74, 6) is -1.41. The number of rotatable bonds is 2. The number of fused-ring (bicyclic) bond motifs is 1. The van der Waals surface area contributed by atoms with Crippen molar-refractivity contribution in [2.24, 2.45) is 4.99 Å². The Morgan fingerprint density at radius 1 is 1.47 bits per heavy atom. The second-order valence-electron chi connectivity index (χ2n) is 7.91. The number of hydrogen-bond acceptors (Lipinski definition) is 8. The monoisotopic (exact) mass is 479 g/mol. The minimum Gasteiger partial charge on any atom is -0.477 e. The smallest absolute Gasteiger partial charge is 0.414 e. The van der Waals surface area contributed by atoms with E-state index in [0.29, 0.717) is 4.88 Å². The number of thiophene rings is 1. The minimum absolute atomic E-state index is 0.0391. The molecule has 2 unspecified atom stereocenters. The number of aliphatic imine (C=N–C) groups is 1. The fourth-order valence-corrected chi connectivity index (χ4v) is 6.72. The van der Waals surface area contributed by atoms with Crippen LogP contribution < -0.4 is 5.32 Å². The highest BCUT2D eigenvalue weighted by Gasteiger charge is 2.57. The van der Waals surface area contributed by atoms with Crippen LogP contribution in [0.15, 0.2) is 11.1 Å². The van der Waals surface area contributed by atoms with Gasteiger partial charge in [0, 0.05) is 20.1 Å². The molecule has 2 aliphatic rings. The van der Waals surface area contributed by atoms with Gasteiger partial charge in [-0.25, -0.2) is 27.3 Å². The lowest BCUT2D eigenvalue weighted by Gasteiger charge is -2.45. The molecule has 1 fully saturated rings. The molecule has 0 radical (unpaired) electrons. The van der Waals surface area contributed by atoms with E-state index < -0.39 is 38.5 Å². The third kappa shape index (κ3) is 4.01. The molecule has 2 N–H and O–H groups in total. The van der Waals surface area contributed by atoms with Crippen molar-refractivity contribution in [2.45, 2.75) is 43.6 Å². The highest BCUT2D eigenvalue weighted by atomic mass is 35.5. The average molecular weight is 480 g/mol. The second kappa shape index (κ2) is 7.66. The van der Waals surface area contributed by atoms with E-state index >= 15 is 0 Å². The molecule has 0 saturated carbocycles. The quantitative estimate of drug-likeness (QED) is 0.664. The molecule has 0 aromatic carbocycles. The summed E-state index contributed by atoms with van der Waals surface area (Å²) in [4.78, 5) is 28.6. The molecule has 30 heavy (non-hydrogen) atoms. The van der Waals surface area contributed by atoms with Gasteiger partial charge in [-0.05, 0) is 26.8 Å². The SMILES string of the molecule is CN1C(NC(=O)OC(C)(C)C)=NC2(c3sc(C(=O)O)cc3Cl)CCOCC2S1(=O)=O. The van der Waals surface area contributed by atoms with Crippen molar-refractivity contribution in [1.29, 1.82) is 0 Å². The number of carbonyl (C=O) groups excluding carboxylic acids is 1. The number of carbonyl (C=O) groups is 2. The van der Waals surface area contributed by atoms with Gasteiger partial charge >= 0.3 is 12.1 Å². The van der Waals surface area contributed by atoms with Crippen LogP contribution in [0.25, 0.3) is 0 Å².